The summed E-state index contributed by atoms with van der Waals surface area (Å²) in [5.41, 5.74) is 2.11. The van der Waals surface area contributed by atoms with Gasteiger partial charge in [-0.2, -0.15) is 5.10 Å². The summed E-state index contributed by atoms with van der Waals surface area (Å²) >= 11 is 0. The van der Waals surface area contributed by atoms with Gasteiger partial charge in [-0.1, -0.05) is 12.1 Å². The van der Waals surface area contributed by atoms with Gasteiger partial charge in [-0.3, -0.25) is 19.7 Å². The second-order valence-corrected chi connectivity index (χ2v) is 6.54. The van der Waals surface area contributed by atoms with E-state index in [-0.39, 0.29) is 36.7 Å². The molecule has 2 aromatic heterocycles. The number of nitro benzene ring substituents is 1. The first kappa shape index (κ1) is 19.9. The van der Waals surface area contributed by atoms with Crippen molar-refractivity contribution in [1.29, 1.82) is 0 Å². The Kier molecular flexibility index (Phi) is 5.82. The summed E-state index contributed by atoms with van der Waals surface area (Å²) in [4.78, 5) is 34.3. The zero-order valence-corrected chi connectivity index (χ0v) is 16.0. The Morgan fingerprint density at radius 2 is 1.86 bits per heavy atom. The van der Waals surface area contributed by atoms with Crippen LogP contribution in [-0.4, -0.2) is 36.9 Å². The lowest BCUT2D eigenvalue weighted by Gasteiger charge is -2.09. The minimum absolute atomic E-state index is 0.0258. The van der Waals surface area contributed by atoms with Crippen molar-refractivity contribution < 1.29 is 9.72 Å². The number of nitrogens with zero attached hydrogens (tertiary/aromatic N) is 5. The number of hydrogen-bond donors (Lipinski definition) is 1. The number of nitro groups is 1. The van der Waals surface area contributed by atoms with Crippen LogP contribution in [0.1, 0.15) is 17.0 Å². The third-order valence-corrected chi connectivity index (χ3v) is 4.24. The number of rotatable bonds is 7. The van der Waals surface area contributed by atoms with Crippen LogP contribution >= 0.6 is 0 Å². The maximum Gasteiger partial charge on any atom is 0.269 e. The van der Waals surface area contributed by atoms with E-state index in [1.807, 2.05) is 19.9 Å². The Labute approximate surface area is 165 Å². The van der Waals surface area contributed by atoms with Crippen LogP contribution < -0.4 is 10.9 Å². The number of benzene rings is 1. The van der Waals surface area contributed by atoms with Crippen LogP contribution in [0.15, 0.2) is 47.3 Å². The molecule has 1 aromatic carbocycles. The first-order valence-electron chi connectivity index (χ1n) is 8.95. The molecule has 10 heteroatoms. The number of carbonyl (C=O) groups is 1. The van der Waals surface area contributed by atoms with Gasteiger partial charge in [-0.05, 0) is 31.5 Å². The van der Waals surface area contributed by atoms with Crippen molar-refractivity contribution in [1.82, 2.24) is 24.9 Å². The van der Waals surface area contributed by atoms with Crippen LogP contribution in [0, 0.1) is 24.0 Å². The minimum atomic E-state index is -0.491. The summed E-state index contributed by atoms with van der Waals surface area (Å²) < 4.78 is 2.93. The molecule has 0 aliphatic rings. The molecule has 2 heterocycles. The van der Waals surface area contributed by atoms with Crippen molar-refractivity contribution in [3.05, 3.63) is 79.9 Å². The summed E-state index contributed by atoms with van der Waals surface area (Å²) in [6.45, 7) is 4.20. The lowest BCUT2D eigenvalue weighted by atomic mass is 10.1. The second-order valence-electron chi connectivity index (χ2n) is 6.54. The predicted molar refractivity (Wildman–Crippen MR) is 105 cm³/mol. The highest BCUT2D eigenvalue weighted by molar-refractivity contribution is 5.78. The summed E-state index contributed by atoms with van der Waals surface area (Å²) in [7, 11) is 0. The zero-order chi connectivity index (χ0) is 21.0. The molecule has 0 aliphatic heterocycles. The van der Waals surface area contributed by atoms with Gasteiger partial charge in [0.2, 0.25) is 5.91 Å². The molecule has 0 radical (unpaired) electrons. The number of aromatic nitrogens is 4. The van der Waals surface area contributed by atoms with Crippen LogP contribution in [-0.2, 0) is 17.8 Å². The molecule has 0 aliphatic carbocycles. The van der Waals surface area contributed by atoms with Crippen LogP contribution in [0.4, 0.5) is 5.69 Å². The summed E-state index contributed by atoms with van der Waals surface area (Å²) in [5.74, 6) is 0.272. The number of non-ortho nitro benzene ring substituents is 1. The second kappa shape index (κ2) is 8.46. The molecule has 10 nitrogen and oxygen atoms in total. The number of aryl methyl sites for hydroxylation is 2. The Morgan fingerprint density at radius 3 is 2.48 bits per heavy atom. The van der Waals surface area contributed by atoms with E-state index < -0.39 is 4.92 Å². The molecule has 1 N–H and O–H groups in total. The first-order valence-corrected chi connectivity index (χ1v) is 8.95. The number of amides is 1. The molecule has 0 unspecified atom stereocenters. The molecule has 0 atom stereocenters. The SMILES string of the molecule is Cc1cc(C)n(-c2ccc(=O)n(CCNC(=O)Cc3ccc([N+](=O)[O-])cc3)n2)n1. The quantitative estimate of drug-likeness (QED) is 0.474. The zero-order valence-electron chi connectivity index (χ0n) is 16.0. The molecule has 1 amide bonds. The number of nitrogens with one attached hydrogen (secondary N) is 1. The van der Waals surface area contributed by atoms with E-state index in [0.29, 0.717) is 11.4 Å². The third kappa shape index (κ3) is 4.92. The van der Waals surface area contributed by atoms with E-state index in [0.717, 1.165) is 11.4 Å². The molecule has 0 saturated heterocycles. The van der Waals surface area contributed by atoms with Crippen molar-refractivity contribution >= 4 is 11.6 Å². The van der Waals surface area contributed by atoms with Crippen LogP contribution in [0.25, 0.3) is 5.82 Å². The van der Waals surface area contributed by atoms with E-state index >= 15 is 0 Å². The lowest BCUT2D eigenvalue weighted by Crippen LogP contribution is -2.33. The normalized spacial score (nSPS) is 10.7. The predicted octanol–water partition coefficient (Wildman–Crippen LogP) is 1.31. The largest absolute Gasteiger partial charge is 0.354 e. The average molecular weight is 396 g/mol. The highest BCUT2D eigenvalue weighted by Gasteiger charge is 2.09. The summed E-state index contributed by atoms with van der Waals surface area (Å²) in [5, 5.41) is 22.0. The molecule has 0 saturated carbocycles. The molecular weight excluding hydrogens is 376 g/mol. The van der Waals surface area contributed by atoms with E-state index in [1.54, 1.807) is 22.9 Å². The van der Waals surface area contributed by atoms with E-state index in [2.05, 4.69) is 15.5 Å². The van der Waals surface area contributed by atoms with Crippen molar-refractivity contribution in [3.8, 4) is 5.82 Å². The monoisotopic (exact) mass is 396 g/mol. The van der Waals surface area contributed by atoms with Gasteiger partial charge in [0.1, 0.15) is 0 Å². The Hall–Kier alpha value is -3.82. The van der Waals surface area contributed by atoms with Crippen molar-refractivity contribution in [2.45, 2.75) is 26.8 Å². The minimum Gasteiger partial charge on any atom is -0.354 e. The van der Waals surface area contributed by atoms with Gasteiger partial charge in [0.25, 0.3) is 11.2 Å². The molecule has 0 bridgehead atoms. The fourth-order valence-corrected chi connectivity index (χ4v) is 2.86. The van der Waals surface area contributed by atoms with Crippen LogP contribution in [0.2, 0.25) is 0 Å². The molecular formula is C19H20N6O4. The highest BCUT2D eigenvalue weighted by atomic mass is 16.6. The van der Waals surface area contributed by atoms with Crippen molar-refractivity contribution in [2.75, 3.05) is 6.54 Å². The van der Waals surface area contributed by atoms with Crippen molar-refractivity contribution in [3.63, 3.8) is 0 Å². The van der Waals surface area contributed by atoms with Gasteiger partial charge in [0, 0.05) is 30.4 Å². The summed E-state index contributed by atoms with van der Waals surface area (Å²) in [6.07, 6.45) is 0.0894. The van der Waals surface area contributed by atoms with Crippen molar-refractivity contribution in [2.24, 2.45) is 0 Å². The Morgan fingerprint density at radius 1 is 1.14 bits per heavy atom. The van der Waals surface area contributed by atoms with Gasteiger partial charge < -0.3 is 5.32 Å². The first-order chi connectivity index (χ1) is 13.8. The third-order valence-electron chi connectivity index (χ3n) is 4.24. The topological polar surface area (TPSA) is 125 Å². The van der Waals surface area contributed by atoms with Crippen LogP contribution in [0.3, 0.4) is 0 Å². The number of hydrogen-bond acceptors (Lipinski definition) is 6. The maximum atomic E-state index is 12.1. The standard InChI is InChI=1S/C19H20N6O4/c1-13-11-14(2)24(21-13)17-7-8-19(27)23(22-17)10-9-20-18(26)12-15-3-5-16(6-4-15)25(28)29/h3-8,11H,9-10,12H2,1-2H3,(H,20,26). The molecule has 3 rings (SSSR count). The average Bonchev–Trinajstić information content (AvgIpc) is 3.02. The van der Waals surface area contributed by atoms with E-state index in [1.165, 1.54) is 22.9 Å². The molecule has 150 valence electrons. The molecule has 29 heavy (non-hydrogen) atoms. The van der Waals surface area contributed by atoms with Gasteiger partial charge in [0.15, 0.2) is 5.82 Å². The van der Waals surface area contributed by atoms with Crippen LogP contribution in [0.5, 0.6) is 0 Å². The highest BCUT2D eigenvalue weighted by Crippen LogP contribution is 2.12. The Balaban J connectivity index is 1.59. The van der Waals surface area contributed by atoms with E-state index in [9.17, 15) is 19.7 Å². The summed E-state index contributed by atoms with van der Waals surface area (Å²) in [6, 6.07) is 10.7. The number of carbonyl (C=O) groups excluding carboxylic acids is 1. The maximum absolute atomic E-state index is 12.1. The molecule has 0 spiro atoms. The fraction of sp³-hybridized carbons (Fsp3) is 0.263. The smallest absolute Gasteiger partial charge is 0.269 e. The van der Waals surface area contributed by atoms with Gasteiger partial charge in [0.05, 0.1) is 23.6 Å². The Bertz CT molecular complexity index is 1100. The molecule has 3 aromatic rings. The van der Waals surface area contributed by atoms with Gasteiger partial charge in [-0.15, -0.1) is 5.10 Å². The lowest BCUT2D eigenvalue weighted by molar-refractivity contribution is -0.384. The van der Waals surface area contributed by atoms with Gasteiger partial charge in [-0.25, -0.2) is 9.36 Å². The van der Waals surface area contributed by atoms with E-state index in [4.69, 9.17) is 0 Å². The van der Waals surface area contributed by atoms with Gasteiger partial charge >= 0.3 is 0 Å². The molecule has 0 fully saturated rings. The fourth-order valence-electron chi connectivity index (χ4n) is 2.86.